The van der Waals surface area contributed by atoms with Gasteiger partial charge in [0.1, 0.15) is 0 Å². The first kappa shape index (κ1) is 25.8. The zero-order valence-electron chi connectivity index (χ0n) is 21.5. The van der Waals surface area contributed by atoms with Crippen LogP contribution in [0.15, 0.2) is 42.9 Å². The summed E-state index contributed by atoms with van der Waals surface area (Å²) in [7, 11) is 0. The van der Waals surface area contributed by atoms with Gasteiger partial charge in [0.25, 0.3) is 0 Å². The van der Waals surface area contributed by atoms with Crippen molar-refractivity contribution in [1.82, 2.24) is 34.9 Å². The highest BCUT2D eigenvalue weighted by molar-refractivity contribution is 7.18. The van der Waals surface area contributed by atoms with Crippen LogP contribution in [-0.4, -0.2) is 104 Å². The van der Waals surface area contributed by atoms with Crippen LogP contribution in [0.4, 0.5) is 10.8 Å². The van der Waals surface area contributed by atoms with Crippen LogP contribution in [0.3, 0.4) is 0 Å². The summed E-state index contributed by atoms with van der Waals surface area (Å²) in [6, 6.07) is 6.79. The van der Waals surface area contributed by atoms with Crippen molar-refractivity contribution in [2.45, 2.75) is 6.42 Å². The van der Waals surface area contributed by atoms with Gasteiger partial charge in [0, 0.05) is 56.2 Å². The highest BCUT2D eigenvalue weighted by Crippen LogP contribution is 2.29. The van der Waals surface area contributed by atoms with Gasteiger partial charge < -0.3 is 20.2 Å². The number of nitrogens with zero attached hydrogens (tertiary/aromatic N) is 7. The molecular formula is C26H27N9O4S. The van der Waals surface area contributed by atoms with E-state index in [9.17, 15) is 19.5 Å². The molecule has 40 heavy (non-hydrogen) atoms. The monoisotopic (exact) mass is 561 g/mol. The molecule has 0 bridgehead atoms. The van der Waals surface area contributed by atoms with Crippen LogP contribution in [0.5, 0.6) is 0 Å². The lowest BCUT2D eigenvalue weighted by Crippen LogP contribution is -2.51. The van der Waals surface area contributed by atoms with E-state index in [2.05, 4.69) is 35.4 Å². The molecular weight excluding hydrogens is 534 g/mol. The molecule has 2 amide bonds. The fourth-order valence-corrected chi connectivity index (χ4v) is 5.98. The zero-order valence-corrected chi connectivity index (χ0v) is 22.3. The van der Waals surface area contributed by atoms with Gasteiger partial charge in [-0.3, -0.25) is 19.6 Å². The van der Waals surface area contributed by atoms with Gasteiger partial charge in [0.15, 0.2) is 16.6 Å². The van der Waals surface area contributed by atoms with Crippen LogP contribution in [0.2, 0.25) is 0 Å². The third kappa shape index (κ3) is 5.35. The van der Waals surface area contributed by atoms with Crippen molar-refractivity contribution in [2.24, 2.45) is 5.92 Å². The van der Waals surface area contributed by atoms with Crippen molar-refractivity contribution in [3.8, 4) is 10.7 Å². The van der Waals surface area contributed by atoms with Crippen molar-refractivity contribution < 1.29 is 19.5 Å². The molecule has 1 unspecified atom stereocenters. The molecule has 1 aromatic carbocycles. The Kier molecular flexibility index (Phi) is 7.09. The number of anilines is 2. The Morgan fingerprint density at radius 1 is 1.07 bits per heavy atom. The van der Waals surface area contributed by atoms with E-state index in [1.165, 1.54) is 0 Å². The predicted octanol–water partition coefficient (Wildman–Crippen LogP) is 1.78. The van der Waals surface area contributed by atoms with Crippen LogP contribution < -0.4 is 10.2 Å². The fraction of sp³-hybridized carbons (Fsp3) is 0.346. The van der Waals surface area contributed by atoms with E-state index in [1.807, 2.05) is 9.80 Å². The topological polar surface area (TPSA) is 161 Å². The minimum atomic E-state index is -1.14. The predicted molar refractivity (Wildman–Crippen MR) is 148 cm³/mol. The third-order valence-electron chi connectivity index (χ3n) is 7.22. The maximum atomic E-state index is 13.0. The van der Waals surface area contributed by atoms with E-state index in [0.29, 0.717) is 68.1 Å². The Morgan fingerprint density at radius 2 is 1.88 bits per heavy atom. The molecule has 2 fully saturated rings. The van der Waals surface area contributed by atoms with Gasteiger partial charge in [-0.25, -0.2) is 19.7 Å². The number of thiazole rings is 1. The lowest BCUT2D eigenvalue weighted by atomic mass is 10.1. The van der Waals surface area contributed by atoms with E-state index in [0.717, 1.165) is 10.0 Å². The van der Waals surface area contributed by atoms with E-state index in [1.54, 1.807) is 54.2 Å². The number of aromatic amines is 1. The standard InChI is InChI=1S/C26H27N9O4S/c36-21(34-8-10-35(11-9-34)26-29-13-20(40-26)23-27-5-1-6-28-23)15-33-7-4-16(14-33)24(37)30-17-2-3-19-18(12-17)22(25(38)39)32-31-19/h1-3,5-6,12-13,16H,4,7-11,14-15H2,(H,30,37)(H,31,32)(H,38,39). The number of piperazine rings is 1. The maximum Gasteiger partial charge on any atom is 0.357 e. The Balaban J connectivity index is 0.981. The van der Waals surface area contributed by atoms with E-state index in [-0.39, 0.29) is 30.0 Å². The normalized spacial score (nSPS) is 17.9. The molecule has 0 radical (unpaired) electrons. The minimum Gasteiger partial charge on any atom is -0.476 e. The second-order valence-electron chi connectivity index (χ2n) is 9.80. The molecule has 14 heteroatoms. The van der Waals surface area contributed by atoms with E-state index < -0.39 is 5.97 Å². The number of rotatable bonds is 7. The summed E-state index contributed by atoms with van der Waals surface area (Å²) in [6.07, 6.45) is 5.86. The summed E-state index contributed by atoms with van der Waals surface area (Å²) < 4.78 is 0. The second kappa shape index (κ2) is 11.0. The van der Waals surface area contributed by atoms with Gasteiger partial charge in [0.05, 0.1) is 29.1 Å². The first-order valence-corrected chi connectivity index (χ1v) is 13.8. The molecule has 5 heterocycles. The molecule has 3 N–H and O–H groups in total. The summed E-state index contributed by atoms with van der Waals surface area (Å²) in [5, 5.41) is 20.0. The van der Waals surface area contributed by atoms with Crippen molar-refractivity contribution >= 4 is 50.8 Å². The molecule has 0 aliphatic carbocycles. The Hall–Kier alpha value is -4.43. The van der Waals surface area contributed by atoms with Crippen LogP contribution in [-0.2, 0) is 9.59 Å². The second-order valence-corrected chi connectivity index (χ2v) is 10.8. The molecule has 4 aromatic rings. The molecule has 2 saturated heterocycles. The number of fused-ring (bicyclic) bond motifs is 1. The summed E-state index contributed by atoms with van der Waals surface area (Å²) in [5.74, 6) is -0.820. The van der Waals surface area contributed by atoms with Gasteiger partial charge in [-0.2, -0.15) is 5.10 Å². The average molecular weight is 562 g/mol. The number of hydrogen-bond donors (Lipinski definition) is 3. The zero-order chi connectivity index (χ0) is 27.6. The van der Waals surface area contributed by atoms with Gasteiger partial charge in [-0.1, -0.05) is 11.3 Å². The highest BCUT2D eigenvalue weighted by Gasteiger charge is 2.31. The van der Waals surface area contributed by atoms with Crippen molar-refractivity contribution in [1.29, 1.82) is 0 Å². The maximum absolute atomic E-state index is 13.0. The number of benzene rings is 1. The number of carbonyl (C=O) groups is 3. The minimum absolute atomic E-state index is 0.0600. The van der Waals surface area contributed by atoms with Gasteiger partial charge in [0.2, 0.25) is 11.8 Å². The molecule has 6 rings (SSSR count). The molecule has 0 saturated carbocycles. The Morgan fingerprint density at radius 3 is 2.65 bits per heavy atom. The number of hydrogen-bond acceptors (Lipinski definition) is 10. The lowest BCUT2D eigenvalue weighted by molar-refractivity contribution is -0.132. The first-order valence-electron chi connectivity index (χ1n) is 12.9. The number of aromatic nitrogens is 5. The molecule has 3 aromatic heterocycles. The number of aromatic carboxylic acids is 1. The molecule has 0 spiro atoms. The van der Waals surface area contributed by atoms with Crippen molar-refractivity contribution in [3.05, 3.63) is 48.5 Å². The van der Waals surface area contributed by atoms with Crippen LogP contribution in [0, 0.1) is 5.92 Å². The number of carbonyl (C=O) groups excluding carboxylic acids is 2. The SMILES string of the molecule is O=C(O)c1n[nH]c2ccc(NC(=O)C3CCN(CC(=O)N4CCN(c5ncc(-c6ncccn6)s5)CC4)C3)cc12. The van der Waals surface area contributed by atoms with E-state index in [4.69, 9.17) is 0 Å². The number of nitrogens with one attached hydrogen (secondary N) is 2. The number of carboxylic acids is 1. The van der Waals surface area contributed by atoms with Crippen molar-refractivity contribution in [2.75, 3.05) is 56.0 Å². The van der Waals surface area contributed by atoms with Crippen molar-refractivity contribution in [3.63, 3.8) is 0 Å². The largest absolute Gasteiger partial charge is 0.476 e. The molecule has 13 nitrogen and oxygen atoms in total. The first-order chi connectivity index (χ1) is 19.4. The number of likely N-dealkylation sites (tertiary alicyclic amines) is 1. The smallest absolute Gasteiger partial charge is 0.357 e. The Bertz CT molecular complexity index is 1550. The highest BCUT2D eigenvalue weighted by atomic mass is 32.1. The van der Waals surface area contributed by atoms with Crippen LogP contribution in [0.1, 0.15) is 16.9 Å². The number of H-pyrrole nitrogens is 1. The van der Waals surface area contributed by atoms with E-state index >= 15 is 0 Å². The lowest BCUT2D eigenvalue weighted by Gasteiger charge is -2.35. The van der Waals surface area contributed by atoms with Gasteiger partial charge in [-0.15, -0.1) is 0 Å². The number of amides is 2. The van der Waals surface area contributed by atoms with Gasteiger partial charge in [-0.05, 0) is 37.2 Å². The summed E-state index contributed by atoms with van der Waals surface area (Å²) in [5.41, 5.74) is 1.01. The quantitative estimate of drug-likeness (QED) is 0.303. The fourth-order valence-electron chi connectivity index (χ4n) is 5.07. The van der Waals surface area contributed by atoms with Crippen LogP contribution >= 0.6 is 11.3 Å². The summed E-state index contributed by atoms with van der Waals surface area (Å²) in [4.78, 5) is 57.4. The molecule has 1 atom stereocenters. The third-order valence-corrected chi connectivity index (χ3v) is 8.27. The molecule has 2 aliphatic heterocycles. The summed E-state index contributed by atoms with van der Waals surface area (Å²) >= 11 is 1.54. The average Bonchev–Trinajstić information content (AvgIpc) is 3.73. The molecule has 206 valence electrons. The summed E-state index contributed by atoms with van der Waals surface area (Å²) in [6.45, 7) is 4.06. The van der Waals surface area contributed by atoms with Gasteiger partial charge >= 0.3 is 5.97 Å². The van der Waals surface area contributed by atoms with Crippen LogP contribution in [0.25, 0.3) is 21.6 Å². The number of carboxylic acid groups (broad SMARTS) is 1. The Labute approximate surface area is 232 Å². The molecule has 2 aliphatic rings.